The summed E-state index contributed by atoms with van der Waals surface area (Å²) in [7, 11) is 1.54. The van der Waals surface area contributed by atoms with Gasteiger partial charge in [0.15, 0.2) is 0 Å². The second kappa shape index (κ2) is 9.78. The van der Waals surface area contributed by atoms with E-state index in [1.165, 1.54) is 4.68 Å². The number of halogens is 4. The maximum atomic E-state index is 13.1. The number of benzene rings is 2. The third-order valence-corrected chi connectivity index (χ3v) is 5.88. The average molecular weight is 542 g/mol. The lowest BCUT2D eigenvalue weighted by atomic mass is 10.1. The summed E-state index contributed by atoms with van der Waals surface area (Å²) >= 11 is 5.98. The molecule has 0 unspecified atom stereocenters. The Morgan fingerprint density at radius 1 is 1.00 bits per heavy atom. The zero-order valence-corrected chi connectivity index (χ0v) is 20.8. The predicted molar refractivity (Wildman–Crippen MR) is 134 cm³/mol. The zero-order chi connectivity index (χ0) is 27.0. The second-order valence-electron chi connectivity index (χ2n) is 8.35. The van der Waals surface area contributed by atoms with Crippen molar-refractivity contribution in [1.29, 1.82) is 0 Å². The molecule has 0 fully saturated rings. The molecule has 0 saturated heterocycles. The van der Waals surface area contributed by atoms with Gasteiger partial charge < -0.3 is 9.30 Å². The van der Waals surface area contributed by atoms with E-state index in [4.69, 9.17) is 16.3 Å². The summed E-state index contributed by atoms with van der Waals surface area (Å²) in [6, 6.07) is 12.8. The first kappa shape index (κ1) is 25.2. The van der Waals surface area contributed by atoms with Gasteiger partial charge in [-0.05, 0) is 31.2 Å². The van der Waals surface area contributed by atoms with Crippen LogP contribution in [0.25, 0.3) is 33.9 Å². The van der Waals surface area contributed by atoms with Crippen molar-refractivity contribution in [2.45, 2.75) is 19.6 Å². The number of aryl methyl sites for hydroxylation is 1. The third-order valence-electron chi connectivity index (χ3n) is 5.63. The molecular formula is C25H19ClF3N7O2. The van der Waals surface area contributed by atoms with Crippen LogP contribution in [0.5, 0.6) is 5.75 Å². The molecule has 0 amide bonds. The Labute approximate surface area is 218 Å². The minimum Gasteiger partial charge on any atom is -0.495 e. The summed E-state index contributed by atoms with van der Waals surface area (Å²) in [4.78, 5) is 16.8. The van der Waals surface area contributed by atoms with Crippen LogP contribution in [0, 0.1) is 6.92 Å². The van der Waals surface area contributed by atoms with E-state index in [0.717, 1.165) is 17.4 Å². The Kier molecular flexibility index (Phi) is 6.49. The topological polar surface area (TPSA) is 92.6 Å². The minimum absolute atomic E-state index is 0.102. The van der Waals surface area contributed by atoms with Crippen molar-refractivity contribution in [3.63, 3.8) is 0 Å². The highest BCUT2D eigenvalue weighted by atomic mass is 35.5. The molecule has 0 saturated carbocycles. The second-order valence-corrected chi connectivity index (χ2v) is 8.79. The highest BCUT2D eigenvalue weighted by Gasteiger charge is 2.30. The Morgan fingerprint density at radius 3 is 2.39 bits per heavy atom. The van der Waals surface area contributed by atoms with E-state index in [1.54, 1.807) is 50.0 Å². The van der Waals surface area contributed by atoms with Gasteiger partial charge in [-0.1, -0.05) is 35.0 Å². The van der Waals surface area contributed by atoms with Crippen LogP contribution >= 0.6 is 11.6 Å². The minimum atomic E-state index is -4.63. The first-order chi connectivity index (χ1) is 18.1. The van der Waals surface area contributed by atoms with E-state index in [9.17, 15) is 18.0 Å². The third kappa shape index (κ3) is 5.16. The Balaban J connectivity index is 1.58. The lowest BCUT2D eigenvalue weighted by Crippen LogP contribution is -2.31. The Bertz CT molecular complexity index is 1670. The molecule has 0 aliphatic heterocycles. The lowest BCUT2D eigenvalue weighted by Gasteiger charge is -2.13. The van der Waals surface area contributed by atoms with Crippen LogP contribution in [0.3, 0.4) is 0 Å². The monoisotopic (exact) mass is 541 g/mol. The highest BCUT2D eigenvalue weighted by Crippen LogP contribution is 2.30. The first-order valence-electron chi connectivity index (χ1n) is 11.2. The largest absolute Gasteiger partial charge is 0.495 e. The molecule has 5 rings (SSSR count). The number of ether oxygens (including phenoxy) is 1. The number of imidazole rings is 1. The lowest BCUT2D eigenvalue weighted by molar-refractivity contribution is -0.143. The predicted octanol–water partition coefficient (Wildman–Crippen LogP) is 4.88. The first-order valence-corrected chi connectivity index (χ1v) is 11.6. The maximum Gasteiger partial charge on any atom is 0.408 e. The van der Waals surface area contributed by atoms with Gasteiger partial charge in [-0.15, -0.1) is 5.10 Å². The molecular weight excluding hydrogens is 523 g/mol. The number of aromatic nitrogens is 7. The number of alkyl halides is 3. The maximum absolute atomic E-state index is 13.1. The average Bonchev–Trinajstić information content (AvgIpc) is 3.54. The van der Waals surface area contributed by atoms with E-state index in [0.29, 0.717) is 32.3 Å². The summed E-state index contributed by atoms with van der Waals surface area (Å²) in [5, 5.41) is 12.8. The van der Waals surface area contributed by atoms with Crippen LogP contribution in [0.4, 0.5) is 13.2 Å². The van der Waals surface area contributed by atoms with Crippen molar-refractivity contribution in [3.8, 4) is 39.6 Å². The number of hydrogen-bond donors (Lipinski definition) is 0. The Hall–Kier alpha value is -4.45. The van der Waals surface area contributed by atoms with E-state index >= 15 is 0 Å². The van der Waals surface area contributed by atoms with Crippen LogP contribution in [0.15, 0.2) is 72.0 Å². The van der Waals surface area contributed by atoms with Gasteiger partial charge in [-0.3, -0.25) is 4.79 Å². The summed E-state index contributed by atoms with van der Waals surface area (Å²) in [6.45, 7) is 0.349. The molecule has 3 heterocycles. The SMILES string of the molecule is COc1cc(-c2cn(-c3cc(=O)n(CC(F)(F)F)nc3-c3ccc(Cl)cc3)nn2)ccc1-n1cnc(C)c1. The molecule has 13 heteroatoms. The van der Waals surface area contributed by atoms with E-state index in [-0.39, 0.29) is 11.4 Å². The molecule has 0 aliphatic rings. The fourth-order valence-electron chi connectivity index (χ4n) is 3.87. The molecule has 2 aromatic carbocycles. The van der Waals surface area contributed by atoms with Gasteiger partial charge in [0.05, 0.1) is 36.7 Å². The molecule has 194 valence electrons. The smallest absolute Gasteiger partial charge is 0.408 e. The van der Waals surface area contributed by atoms with Crippen molar-refractivity contribution in [1.82, 2.24) is 34.3 Å². The van der Waals surface area contributed by atoms with Crippen molar-refractivity contribution >= 4 is 11.6 Å². The van der Waals surface area contributed by atoms with Crippen molar-refractivity contribution in [3.05, 3.63) is 88.3 Å². The van der Waals surface area contributed by atoms with Crippen LogP contribution in [0.2, 0.25) is 5.02 Å². The van der Waals surface area contributed by atoms with Gasteiger partial charge in [0.1, 0.15) is 23.7 Å². The summed E-state index contributed by atoms with van der Waals surface area (Å²) in [5.74, 6) is 0.563. The normalized spacial score (nSPS) is 11.6. The molecule has 3 aromatic heterocycles. The molecule has 38 heavy (non-hydrogen) atoms. The number of rotatable bonds is 6. The molecule has 9 nitrogen and oxygen atoms in total. The number of methoxy groups -OCH3 is 1. The molecule has 0 atom stereocenters. The molecule has 0 N–H and O–H groups in total. The quantitative estimate of drug-likeness (QED) is 0.304. The van der Waals surface area contributed by atoms with Gasteiger partial charge in [-0.2, -0.15) is 18.3 Å². The van der Waals surface area contributed by atoms with Crippen molar-refractivity contribution in [2.75, 3.05) is 7.11 Å². The number of nitrogens with zero attached hydrogens (tertiary/aromatic N) is 7. The van der Waals surface area contributed by atoms with E-state index in [2.05, 4.69) is 20.4 Å². The summed E-state index contributed by atoms with van der Waals surface area (Å²) in [6.07, 6.45) is 0.464. The number of hydrogen-bond acceptors (Lipinski definition) is 6. The van der Waals surface area contributed by atoms with Crippen LogP contribution < -0.4 is 10.3 Å². The van der Waals surface area contributed by atoms with Gasteiger partial charge in [0.25, 0.3) is 5.56 Å². The van der Waals surface area contributed by atoms with E-state index < -0.39 is 18.3 Å². The summed E-state index contributed by atoms with van der Waals surface area (Å²) in [5.41, 5.74) is 2.50. The molecule has 5 aromatic rings. The fraction of sp³-hybridized carbons (Fsp3) is 0.160. The molecule has 0 spiro atoms. The molecule has 0 aliphatic carbocycles. The highest BCUT2D eigenvalue weighted by molar-refractivity contribution is 6.30. The van der Waals surface area contributed by atoms with E-state index in [1.807, 2.05) is 29.8 Å². The fourth-order valence-corrected chi connectivity index (χ4v) is 4.00. The van der Waals surface area contributed by atoms with Gasteiger partial charge in [-0.25, -0.2) is 14.3 Å². The summed E-state index contributed by atoms with van der Waals surface area (Å²) < 4.78 is 48.2. The van der Waals surface area contributed by atoms with Gasteiger partial charge in [0, 0.05) is 28.4 Å². The molecule has 0 radical (unpaired) electrons. The molecule has 0 bridgehead atoms. The van der Waals surface area contributed by atoms with Crippen LogP contribution in [-0.4, -0.2) is 47.6 Å². The van der Waals surface area contributed by atoms with Gasteiger partial charge in [0.2, 0.25) is 0 Å². The standard InChI is InChI=1S/C25H19ClF3N7O2/c1-15-11-34(14-30-15)20-8-5-17(9-22(20)38-2)19-12-35(33-31-19)21-10-23(37)36(13-25(27,28)29)32-24(21)16-3-6-18(26)7-4-16/h3-12,14H,13H2,1-2H3. The zero-order valence-electron chi connectivity index (χ0n) is 20.0. The van der Waals surface area contributed by atoms with Crippen molar-refractivity contribution < 1.29 is 17.9 Å². The van der Waals surface area contributed by atoms with Gasteiger partial charge >= 0.3 is 6.18 Å². The Morgan fingerprint density at radius 2 is 1.74 bits per heavy atom. The van der Waals surface area contributed by atoms with Crippen LogP contribution in [0.1, 0.15) is 5.69 Å². The van der Waals surface area contributed by atoms with Crippen LogP contribution in [-0.2, 0) is 6.54 Å². The van der Waals surface area contributed by atoms with Crippen molar-refractivity contribution in [2.24, 2.45) is 0 Å².